The van der Waals surface area contributed by atoms with Crippen LogP contribution in [0.4, 0.5) is 0 Å². The van der Waals surface area contributed by atoms with E-state index in [9.17, 15) is 4.79 Å². The number of hydrogen-bond acceptors (Lipinski definition) is 2. The van der Waals surface area contributed by atoms with Crippen molar-refractivity contribution in [2.75, 3.05) is 0 Å². The lowest BCUT2D eigenvalue weighted by atomic mass is 9.84. The van der Waals surface area contributed by atoms with Crippen LogP contribution in [0.15, 0.2) is 12.3 Å². The average molecular weight is 220 g/mol. The maximum Gasteiger partial charge on any atom is 0.133 e. The molecule has 1 aliphatic rings. The molecule has 1 aliphatic carbocycles. The van der Waals surface area contributed by atoms with Crippen LogP contribution in [0, 0.1) is 5.41 Å². The first-order chi connectivity index (χ1) is 7.48. The number of rotatable bonds is 3. The fourth-order valence-corrected chi connectivity index (χ4v) is 2.44. The van der Waals surface area contributed by atoms with Crippen molar-refractivity contribution in [1.29, 1.82) is 0 Å². The van der Waals surface area contributed by atoms with Crippen LogP contribution < -0.4 is 0 Å². The molecular weight excluding hydrogens is 200 g/mol. The number of nitrogens with zero attached hydrogens (tertiary/aromatic N) is 2. The lowest BCUT2D eigenvalue weighted by Gasteiger charge is -2.20. The van der Waals surface area contributed by atoms with Crippen LogP contribution in [-0.4, -0.2) is 15.6 Å². The summed E-state index contributed by atoms with van der Waals surface area (Å²) in [4.78, 5) is 11.3. The van der Waals surface area contributed by atoms with Gasteiger partial charge in [-0.25, -0.2) is 0 Å². The largest absolute Gasteiger partial charge is 0.300 e. The number of carbonyl (C=O) groups excluding carboxylic acids is 1. The van der Waals surface area contributed by atoms with Crippen molar-refractivity contribution in [2.24, 2.45) is 5.41 Å². The molecule has 0 N–H and O–H groups in total. The van der Waals surface area contributed by atoms with E-state index >= 15 is 0 Å². The van der Waals surface area contributed by atoms with E-state index in [1.54, 1.807) is 0 Å². The van der Waals surface area contributed by atoms with Crippen molar-refractivity contribution in [3.63, 3.8) is 0 Å². The van der Waals surface area contributed by atoms with Crippen LogP contribution in [0.5, 0.6) is 0 Å². The standard InChI is InChI=1S/C13H20N2O/c1-10(2)15-7-5-11(14-15)8-13(3)6-4-12(16)9-13/h5,7,10H,4,6,8-9H2,1-3H3. The Balaban J connectivity index is 2.06. The molecule has 1 unspecified atom stereocenters. The van der Waals surface area contributed by atoms with Gasteiger partial charge in [0, 0.05) is 25.1 Å². The van der Waals surface area contributed by atoms with E-state index < -0.39 is 0 Å². The molecule has 0 radical (unpaired) electrons. The highest BCUT2D eigenvalue weighted by Gasteiger charge is 2.34. The number of ketones is 1. The lowest BCUT2D eigenvalue weighted by Crippen LogP contribution is -2.16. The first-order valence-corrected chi connectivity index (χ1v) is 6.04. The summed E-state index contributed by atoms with van der Waals surface area (Å²) >= 11 is 0. The van der Waals surface area contributed by atoms with Gasteiger partial charge in [-0.05, 0) is 38.2 Å². The summed E-state index contributed by atoms with van der Waals surface area (Å²) in [7, 11) is 0. The highest BCUT2D eigenvalue weighted by Crippen LogP contribution is 2.38. The van der Waals surface area contributed by atoms with Crippen LogP contribution in [-0.2, 0) is 11.2 Å². The van der Waals surface area contributed by atoms with Crippen LogP contribution in [0.1, 0.15) is 51.8 Å². The van der Waals surface area contributed by atoms with Gasteiger partial charge in [-0.15, -0.1) is 0 Å². The Morgan fingerprint density at radius 1 is 1.56 bits per heavy atom. The minimum atomic E-state index is 0.146. The van der Waals surface area contributed by atoms with E-state index in [1.807, 2.05) is 10.9 Å². The lowest BCUT2D eigenvalue weighted by molar-refractivity contribution is -0.117. The highest BCUT2D eigenvalue weighted by atomic mass is 16.1. The minimum absolute atomic E-state index is 0.146. The molecule has 2 rings (SSSR count). The Kier molecular flexibility index (Phi) is 2.87. The van der Waals surface area contributed by atoms with E-state index in [-0.39, 0.29) is 5.41 Å². The second-order valence-corrected chi connectivity index (χ2v) is 5.58. The smallest absolute Gasteiger partial charge is 0.133 e. The summed E-state index contributed by atoms with van der Waals surface area (Å²) in [6.45, 7) is 6.45. The Labute approximate surface area is 96.8 Å². The summed E-state index contributed by atoms with van der Waals surface area (Å²) in [6, 6.07) is 2.49. The molecule has 0 spiro atoms. The third-order valence-electron chi connectivity index (χ3n) is 3.43. The normalized spacial score (nSPS) is 25.6. The van der Waals surface area contributed by atoms with E-state index in [0.717, 1.165) is 31.4 Å². The molecule has 0 aliphatic heterocycles. The van der Waals surface area contributed by atoms with Crippen LogP contribution in [0.25, 0.3) is 0 Å². The molecule has 0 aromatic carbocycles. The zero-order valence-electron chi connectivity index (χ0n) is 10.4. The molecule has 1 heterocycles. The molecule has 1 aromatic heterocycles. The number of carbonyl (C=O) groups is 1. The van der Waals surface area contributed by atoms with Crippen molar-refractivity contribution in [1.82, 2.24) is 9.78 Å². The fraction of sp³-hybridized carbons (Fsp3) is 0.692. The van der Waals surface area contributed by atoms with E-state index in [0.29, 0.717) is 11.8 Å². The maximum atomic E-state index is 11.3. The van der Waals surface area contributed by atoms with Crippen molar-refractivity contribution in [3.05, 3.63) is 18.0 Å². The second-order valence-electron chi connectivity index (χ2n) is 5.58. The van der Waals surface area contributed by atoms with Gasteiger partial charge in [-0.3, -0.25) is 9.48 Å². The molecule has 1 atom stereocenters. The van der Waals surface area contributed by atoms with Gasteiger partial charge in [0.05, 0.1) is 5.69 Å². The van der Waals surface area contributed by atoms with Crippen molar-refractivity contribution in [3.8, 4) is 0 Å². The van der Waals surface area contributed by atoms with Gasteiger partial charge in [-0.2, -0.15) is 5.10 Å². The Hall–Kier alpha value is -1.12. The molecule has 3 nitrogen and oxygen atoms in total. The molecule has 1 fully saturated rings. The van der Waals surface area contributed by atoms with E-state index in [2.05, 4.69) is 31.9 Å². The SMILES string of the molecule is CC(C)n1ccc(CC2(C)CCC(=O)C2)n1. The minimum Gasteiger partial charge on any atom is -0.300 e. The van der Waals surface area contributed by atoms with Crippen molar-refractivity contribution < 1.29 is 4.79 Å². The predicted octanol–water partition coefficient (Wildman–Crippen LogP) is 2.77. The summed E-state index contributed by atoms with van der Waals surface area (Å²) in [5.41, 5.74) is 1.26. The van der Waals surface area contributed by atoms with Gasteiger partial charge >= 0.3 is 0 Å². The monoisotopic (exact) mass is 220 g/mol. The van der Waals surface area contributed by atoms with E-state index in [4.69, 9.17) is 0 Å². The molecule has 88 valence electrons. The Morgan fingerprint density at radius 3 is 2.81 bits per heavy atom. The summed E-state index contributed by atoms with van der Waals surface area (Å²) in [5, 5.41) is 4.55. The zero-order valence-corrected chi connectivity index (χ0v) is 10.4. The summed E-state index contributed by atoms with van der Waals surface area (Å²) in [5.74, 6) is 0.408. The summed E-state index contributed by atoms with van der Waals surface area (Å²) < 4.78 is 1.98. The van der Waals surface area contributed by atoms with Gasteiger partial charge in [0.15, 0.2) is 0 Å². The van der Waals surface area contributed by atoms with Gasteiger partial charge in [0.25, 0.3) is 0 Å². The third-order valence-corrected chi connectivity index (χ3v) is 3.43. The topological polar surface area (TPSA) is 34.9 Å². The molecule has 0 bridgehead atoms. The number of hydrogen-bond donors (Lipinski definition) is 0. The number of aromatic nitrogens is 2. The highest BCUT2D eigenvalue weighted by molar-refractivity contribution is 5.81. The van der Waals surface area contributed by atoms with Gasteiger partial charge in [0.2, 0.25) is 0 Å². The molecule has 3 heteroatoms. The van der Waals surface area contributed by atoms with Gasteiger partial charge in [0.1, 0.15) is 5.78 Å². The Bertz CT molecular complexity index is 394. The molecule has 1 saturated carbocycles. The zero-order chi connectivity index (χ0) is 11.8. The van der Waals surface area contributed by atoms with E-state index in [1.165, 1.54) is 0 Å². The number of Topliss-reactive ketones (excluding diaryl/α,β-unsaturated/α-hetero) is 1. The molecule has 16 heavy (non-hydrogen) atoms. The quantitative estimate of drug-likeness (QED) is 0.785. The van der Waals surface area contributed by atoms with Gasteiger partial charge in [-0.1, -0.05) is 6.92 Å². The third kappa shape index (κ3) is 2.34. The fourth-order valence-electron chi connectivity index (χ4n) is 2.44. The molecule has 0 saturated heterocycles. The predicted molar refractivity (Wildman–Crippen MR) is 63.3 cm³/mol. The first-order valence-electron chi connectivity index (χ1n) is 6.04. The van der Waals surface area contributed by atoms with Crippen molar-refractivity contribution in [2.45, 2.75) is 52.5 Å². The van der Waals surface area contributed by atoms with Crippen LogP contribution >= 0.6 is 0 Å². The first kappa shape index (κ1) is 11.4. The van der Waals surface area contributed by atoms with Crippen LogP contribution in [0.3, 0.4) is 0 Å². The second kappa shape index (κ2) is 4.04. The molecule has 1 aromatic rings. The molecule has 0 amide bonds. The Morgan fingerprint density at radius 2 is 2.31 bits per heavy atom. The maximum absolute atomic E-state index is 11.3. The van der Waals surface area contributed by atoms with Crippen molar-refractivity contribution >= 4 is 5.78 Å². The van der Waals surface area contributed by atoms with Gasteiger partial charge < -0.3 is 0 Å². The molecular formula is C13H20N2O. The summed E-state index contributed by atoms with van der Waals surface area (Å²) in [6.07, 6.45) is 5.45. The van der Waals surface area contributed by atoms with Crippen LogP contribution in [0.2, 0.25) is 0 Å². The average Bonchev–Trinajstić information content (AvgIpc) is 2.74.